The number of halogens is 1. The first kappa shape index (κ1) is 11.2. The van der Waals surface area contributed by atoms with Gasteiger partial charge in [0.1, 0.15) is 5.76 Å². The van der Waals surface area contributed by atoms with E-state index in [-0.39, 0.29) is 0 Å². The van der Waals surface area contributed by atoms with Crippen molar-refractivity contribution in [1.82, 2.24) is 10.2 Å². The largest absolute Gasteiger partial charge is 0.453 e. The van der Waals surface area contributed by atoms with E-state index in [1.54, 1.807) is 0 Å². The number of nitrogens with zero attached hydrogens (tertiary/aromatic N) is 1. The topological polar surface area (TPSA) is 28.4 Å². The first-order valence-electron chi connectivity index (χ1n) is 5.48. The molecule has 0 atom stereocenters. The van der Waals surface area contributed by atoms with Crippen molar-refractivity contribution in [3.63, 3.8) is 0 Å². The van der Waals surface area contributed by atoms with E-state index in [1.165, 1.54) is 6.42 Å². The van der Waals surface area contributed by atoms with Gasteiger partial charge in [-0.25, -0.2) is 0 Å². The van der Waals surface area contributed by atoms with Crippen LogP contribution in [-0.4, -0.2) is 30.6 Å². The van der Waals surface area contributed by atoms with Crippen molar-refractivity contribution in [1.29, 1.82) is 0 Å². The van der Waals surface area contributed by atoms with Gasteiger partial charge in [0, 0.05) is 19.1 Å². The van der Waals surface area contributed by atoms with Gasteiger partial charge in [-0.2, -0.15) is 0 Å². The molecule has 1 aliphatic heterocycles. The van der Waals surface area contributed by atoms with Crippen LogP contribution in [0.2, 0.25) is 0 Å². The van der Waals surface area contributed by atoms with E-state index in [2.05, 4.69) is 33.1 Å². The summed E-state index contributed by atoms with van der Waals surface area (Å²) >= 11 is 3.33. The highest BCUT2D eigenvalue weighted by Crippen LogP contribution is 2.17. The van der Waals surface area contributed by atoms with Crippen molar-refractivity contribution in [2.75, 3.05) is 19.6 Å². The molecule has 84 valence electrons. The van der Waals surface area contributed by atoms with Gasteiger partial charge in [0.2, 0.25) is 0 Å². The Bertz CT molecular complexity index is 309. The molecular weight excluding hydrogens is 256 g/mol. The predicted octanol–water partition coefficient (Wildman–Crippen LogP) is 2.23. The summed E-state index contributed by atoms with van der Waals surface area (Å²) in [7, 11) is 0. The Morgan fingerprint density at radius 1 is 1.53 bits per heavy atom. The molecule has 2 heterocycles. The summed E-state index contributed by atoms with van der Waals surface area (Å²) in [5.41, 5.74) is 0. The zero-order valence-corrected chi connectivity index (χ0v) is 10.6. The van der Waals surface area contributed by atoms with Crippen LogP contribution in [0, 0.1) is 0 Å². The van der Waals surface area contributed by atoms with Gasteiger partial charge in [0.05, 0.1) is 6.54 Å². The molecule has 0 saturated carbocycles. The number of rotatable bonds is 5. The van der Waals surface area contributed by atoms with Crippen LogP contribution >= 0.6 is 15.9 Å². The summed E-state index contributed by atoms with van der Waals surface area (Å²) in [6.45, 7) is 6.51. The Hall–Kier alpha value is -0.320. The summed E-state index contributed by atoms with van der Waals surface area (Å²) in [5, 5.41) is 3.31. The van der Waals surface area contributed by atoms with E-state index < -0.39 is 0 Å². The zero-order chi connectivity index (χ0) is 10.7. The second kappa shape index (κ2) is 5.14. The van der Waals surface area contributed by atoms with Gasteiger partial charge in [-0.1, -0.05) is 6.92 Å². The molecule has 0 aromatic carbocycles. The van der Waals surface area contributed by atoms with Crippen LogP contribution in [0.25, 0.3) is 0 Å². The van der Waals surface area contributed by atoms with Gasteiger partial charge in [-0.15, -0.1) is 0 Å². The smallest absolute Gasteiger partial charge is 0.169 e. The minimum absolute atomic E-state index is 0.689. The first-order valence-corrected chi connectivity index (χ1v) is 6.28. The number of hydrogen-bond donors (Lipinski definition) is 1. The van der Waals surface area contributed by atoms with Crippen LogP contribution in [0.3, 0.4) is 0 Å². The maximum Gasteiger partial charge on any atom is 0.169 e. The molecule has 1 fully saturated rings. The minimum atomic E-state index is 0.689. The van der Waals surface area contributed by atoms with E-state index in [0.717, 1.165) is 36.6 Å². The Morgan fingerprint density at radius 2 is 2.33 bits per heavy atom. The van der Waals surface area contributed by atoms with Crippen LogP contribution in [0.1, 0.15) is 19.1 Å². The lowest BCUT2D eigenvalue weighted by atomic mass is 10.1. The van der Waals surface area contributed by atoms with Gasteiger partial charge < -0.3 is 9.73 Å². The van der Waals surface area contributed by atoms with Crippen LogP contribution < -0.4 is 5.32 Å². The molecule has 0 bridgehead atoms. The molecule has 2 rings (SSSR count). The SMILES string of the molecule is CCCN(Cc1ccc(Br)o1)C1CNC1. The van der Waals surface area contributed by atoms with Crippen LogP contribution in [0.5, 0.6) is 0 Å². The van der Waals surface area contributed by atoms with Crippen LogP contribution in [-0.2, 0) is 6.54 Å². The van der Waals surface area contributed by atoms with Gasteiger partial charge in [-0.05, 0) is 41.0 Å². The third-order valence-electron chi connectivity index (χ3n) is 2.77. The highest BCUT2D eigenvalue weighted by Gasteiger charge is 2.24. The molecule has 0 aliphatic carbocycles. The van der Waals surface area contributed by atoms with Crippen molar-refractivity contribution in [2.24, 2.45) is 0 Å². The molecule has 3 nitrogen and oxygen atoms in total. The van der Waals surface area contributed by atoms with Crippen molar-refractivity contribution in [3.05, 3.63) is 22.6 Å². The number of hydrogen-bond acceptors (Lipinski definition) is 3. The monoisotopic (exact) mass is 272 g/mol. The molecule has 0 radical (unpaired) electrons. The van der Waals surface area contributed by atoms with E-state index >= 15 is 0 Å². The molecule has 1 N–H and O–H groups in total. The molecule has 0 spiro atoms. The molecule has 15 heavy (non-hydrogen) atoms. The van der Waals surface area contributed by atoms with Crippen molar-refractivity contribution in [3.8, 4) is 0 Å². The van der Waals surface area contributed by atoms with Crippen molar-refractivity contribution < 1.29 is 4.42 Å². The van der Waals surface area contributed by atoms with Gasteiger partial charge in [-0.3, -0.25) is 4.90 Å². The summed E-state index contributed by atoms with van der Waals surface area (Å²) < 4.78 is 6.35. The minimum Gasteiger partial charge on any atom is -0.453 e. The molecule has 0 unspecified atom stereocenters. The Balaban J connectivity index is 1.93. The molecule has 1 aliphatic rings. The zero-order valence-electron chi connectivity index (χ0n) is 9.00. The van der Waals surface area contributed by atoms with Gasteiger partial charge in [0.15, 0.2) is 4.67 Å². The summed E-state index contributed by atoms with van der Waals surface area (Å²) in [4.78, 5) is 2.49. The molecule has 0 amide bonds. The second-order valence-corrected chi connectivity index (χ2v) is 4.77. The lowest BCUT2D eigenvalue weighted by Crippen LogP contribution is -2.56. The van der Waals surface area contributed by atoms with Gasteiger partial charge in [0.25, 0.3) is 0 Å². The number of nitrogens with one attached hydrogen (secondary N) is 1. The fourth-order valence-electron chi connectivity index (χ4n) is 1.85. The highest BCUT2D eigenvalue weighted by atomic mass is 79.9. The molecule has 4 heteroatoms. The lowest BCUT2D eigenvalue weighted by molar-refractivity contribution is 0.128. The van der Waals surface area contributed by atoms with Crippen LogP contribution in [0.15, 0.2) is 21.2 Å². The molecule has 1 aromatic rings. The normalized spacial score (nSPS) is 17.0. The van der Waals surface area contributed by atoms with E-state index in [9.17, 15) is 0 Å². The highest BCUT2D eigenvalue weighted by molar-refractivity contribution is 9.10. The van der Waals surface area contributed by atoms with Crippen molar-refractivity contribution >= 4 is 15.9 Å². The third-order valence-corrected chi connectivity index (χ3v) is 3.20. The Kier molecular flexibility index (Phi) is 3.83. The fraction of sp³-hybridized carbons (Fsp3) is 0.636. The molecule has 1 saturated heterocycles. The third kappa shape index (κ3) is 2.83. The first-order chi connectivity index (χ1) is 7.29. The maximum absolute atomic E-state index is 5.53. The standard InChI is InChI=1S/C11H17BrN2O/c1-2-5-14(9-6-13-7-9)8-10-3-4-11(12)15-10/h3-4,9,13H,2,5-8H2,1H3. The van der Waals surface area contributed by atoms with E-state index in [0.29, 0.717) is 6.04 Å². The number of furan rings is 1. The summed E-state index contributed by atoms with van der Waals surface area (Å²) in [5.74, 6) is 1.04. The molecule has 1 aromatic heterocycles. The van der Waals surface area contributed by atoms with Gasteiger partial charge >= 0.3 is 0 Å². The predicted molar refractivity (Wildman–Crippen MR) is 63.8 cm³/mol. The van der Waals surface area contributed by atoms with Crippen LogP contribution in [0.4, 0.5) is 0 Å². The average Bonchev–Trinajstić information content (AvgIpc) is 2.48. The summed E-state index contributed by atoms with van der Waals surface area (Å²) in [6, 6.07) is 4.69. The average molecular weight is 273 g/mol. The Labute approximate surface area is 99.0 Å². The second-order valence-electron chi connectivity index (χ2n) is 3.99. The quantitative estimate of drug-likeness (QED) is 0.891. The maximum atomic E-state index is 5.53. The van der Waals surface area contributed by atoms with E-state index in [1.807, 2.05) is 12.1 Å². The molecular formula is C11H17BrN2O. The van der Waals surface area contributed by atoms with E-state index in [4.69, 9.17) is 4.42 Å². The Morgan fingerprint density at radius 3 is 2.80 bits per heavy atom. The van der Waals surface area contributed by atoms with Crippen molar-refractivity contribution in [2.45, 2.75) is 25.9 Å². The lowest BCUT2D eigenvalue weighted by Gasteiger charge is -2.37. The summed E-state index contributed by atoms with van der Waals surface area (Å²) in [6.07, 6.45) is 1.19. The fourth-order valence-corrected chi connectivity index (χ4v) is 2.19.